The van der Waals surface area contributed by atoms with Crippen LogP contribution in [0.1, 0.15) is 33.1 Å². The Hall–Kier alpha value is -0.730. The molecule has 0 saturated carbocycles. The SMILES string of the molecule is CCCCN1C(N)=NCC1CC. The Bertz CT molecular complexity index is 165. The molecule has 0 fully saturated rings. The Morgan fingerprint density at radius 2 is 2.33 bits per heavy atom. The van der Waals surface area contributed by atoms with Crippen LogP contribution in [0.3, 0.4) is 0 Å². The van der Waals surface area contributed by atoms with Gasteiger partial charge in [0.1, 0.15) is 0 Å². The summed E-state index contributed by atoms with van der Waals surface area (Å²) in [5, 5.41) is 0. The fourth-order valence-electron chi connectivity index (χ4n) is 1.55. The van der Waals surface area contributed by atoms with Gasteiger partial charge in [-0.05, 0) is 12.8 Å². The van der Waals surface area contributed by atoms with Crippen molar-refractivity contribution >= 4 is 5.96 Å². The highest BCUT2D eigenvalue weighted by Crippen LogP contribution is 2.12. The van der Waals surface area contributed by atoms with Gasteiger partial charge in [-0.1, -0.05) is 20.3 Å². The summed E-state index contributed by atoms with van der Waals surface area (Å²) >= 11 is 0. The fraction of sp³-hybridized carbons (Fsp3) is 0.889. The van der Waals surface area contributed by atoms with E-state index in [1.54, 1.807) is 0 Å². The number of unbranched alkanes of at least 4 members (excludes halogenated alkanes) is 1. The summed E-state index contributed by atoms with van der Waals surface area (Å²) in [6.45, 7) is 6.36. The Labute approximate surface area is 74.6 Å². The molecule has 3 heteroatoms. The molecule has 1 rings (SSSR count). The molecular formula is C9H19N3. The maximum Gasteiger partial charge on any atom is 0.191 e. The first kappa shape index (κ1) is 9.36. The number of rotatable bonds is 4. The molecule has 1 atom stereocenters. The minimum absolute atomic E-state index is 0.566. The summed E-state index contributed by atoms with van der Waals surface area (Å²) in [5.41, 5.74) is 5.76. The maximum atomic E-state index is 5.76. The number of guanidine groups is 1. The third-order valence-electron chi connectivity index (χ3n) is 2.42. The summed E-state index contributed by atoms with van der Waals surface area (Å²) in [5.74, 6) is 0.746. The van der Waals surface area contributed by atoms with Gasteiger partial charge in [0, 0.05) is 6.54 Å². The van der Waals surface area contributed by atoms with Crippen LogP contribution >= 0.6 is 0 Å². The third-order valence-corrected chi connectivity index (χ3v) is 2.42. The summed E-state index contributed by atoms with van der Waals surface area (Å²) < 4.78 is 0. The van der Waals surface area contributed by atoms with Gasteiger partial charge in [-0.15, -0.1) is 0 Å². The van der Waals surface area contributed by atoms with E-state index in [1.165, 1.54) is 12.8 Å². The fourth-order valence-corrected chi connectivity index (χ4v) is 1.55. The van der Waals surface area contributed by atoms with E-state index < -0.39 is 0 Å². The van der Waals surface area contributed by atoms with Crippen molar-refractivity contribution in [3.8, 4) is 0 Å². The van der Waals surface area contributed by atoms with Gasteiger partial charge in [-0.3, -0.25) is 4.99 Å². The lowest BCUT2D eigenvalue weighted by Gasteiger charge is -2.24. The highest BCUT2D eigenvalue weighted by atomic mass is 15.3. The molecule has 0 aromatic rings. The number of nitrogens with zero attached hydrogens (tertiary/aromatic N) is 2. The predicted molar refractivity (Wildman–Crippen MR) is 52.2 cm³/mol. The smallest absolute Gasteiger partial charge is 0.191 e. The van der Waals surface area contributed by atoms with Crippen LogP contribution in [0.15, 0.2) is 4.99 Å². The lowest BCUT2D eigenvalue weighted by atomic mass is 10.2. The molecule has 0 spiro atoms. The van der Waals surface area contributed by atoms with Crippen molar-refractivity contribution in [2.45, 2.75) is 39.2 Å². The monoisotopic (exact) mass is 169 g/mol. The molecule has 0 amide bonds. The van der Waals surface area contributed by atoms with Crippen molar-refractivity contribution in [2.24, 2.45) is 10.7 Å². The number of aliphatic imine (C=N–C) groups is 1. The number of hydrogen-bond acceptors (Lipinski definition) is 3. The summed E-state index contributed by atoms with van der Waals surface area (Å²) in [7, 11) is 0. The molecule has 0 aromatic heterocycles. The van der Waals surface area contributed by atoms with Crippen LogP contribution in [0.2, 0.25) is 0 Å². The molecule has 0 aromatic carbocycles. The highest BCUT2D eigenvalue weighted by Gasteiger charge is 2.22. The largest absolute Gasteiger partial charge is 0.370 e. The molecule has 1 heterocycles. The lowest BCUT2D eigenvalue weighted by molar-refractivity contribution is 0.326. The van der Waals surface area contributed by atoms with Crippen molar-refractivity contribution in [2.75, 3.05) is 13.1 Å². The molecule has 3 nitrogen and oxygen atoms in total. The van der Waals surface area contributed by atoms with Crippen LogP contribution in [0, 0.1) is 0 Å². The van der Waals surface area contributed by atoms with Crippen molar-refractivity contribution in [3.63, 3.8) is 0 Å². The third kappa shape index (κ3) is 1.90. The van der Waals surface area contributed by atoms with Crippen molar-refractivity contribution < 1.29 is 0 Å². The van der Waals surface area contributed by atoms with Crippen LogP contribution in [0.25, 0.3) is 0 Å². The molecule has 1 aliphatic heterocycles. The van der Waals surface area contributed by atoms with Crippen molar-refractivity contribution in [1.29, 1.82) is 0 Å². The second kappa shape index (κ2) is 4.33. The zero-order valence-electron chi connectivity index (χ0n) is 8.08. The second-order valence-corrected chi connectivity index (χ2v) is 3.31. The van der Waals surface area contributed by atoms with E-state index in [4.69, 9.17) is 5.73 Å². The highest BCUT2D eigenvalue weighted by molar-refractivity contribution is 5.80. The first-order chi connectivity index (χ1) is 5.79. The Morgan fingerprint density at radius 1 is 1.58 bits per heavy atom. The van der Waals surface area contributed by atoms with Gasteiger partial charge < -0.3 is 10.6 Å². The molecule has 0 radical (unpaired) electrons. The molecular weight excluding hydrogens is 150 g/mol. The first-order valence-electron chi connectivity index (χ1n) is 4.86. The quantitative estimate of drug-likeness (QED) is 0.687. The Morgan fingerprint density at radius 3 is 2.92 bits per heavy atom. The number of hydrogen-bond donors (Lipinski definition) is 1. The standard InChI is InChI=1S/C9H19N3/c1-3-5-6-12-8(4-2)7-11-9(12)10/h8H,3-7H2,1-2H3,(H2,10,11). The molecule has 0 saturated heterocycles. The topological polar surface area (TPSA) is 41.6 Å². The van der Waals surface area contributed by atoms with E-state index in [1.807, 2.05) is 0 Å². The summed E-state index contributed by atoms with van der Waals surface area (Å²) in [6.07, 6.45) is 3.58. The minimum atomic E-state index is 0.566. The van der Waals surface area contributed by atoms with Gasteiger partial charge in [-0.25, -0.2) is 0 Å². The van der Waals surface area contributed by atoms with E-state index in [0.717, 1.165) is 25.5 Å². The van der Waals surface area contributed by atoms with Crippen LogP contribution < -0.4 is 5.73 Å². The summed E-state index contributed by atoms with van der Waals surface area (Å²) in [6, 6.07) is 0.566. The maximum absolute atomic E-state index is 5.76. The first-order valence-corrected chi connectivity index (χ1v) is 4.86. The molecule has 12 heavy (non-hydrogen) atoms. The van der Waals surface area contributed by atoms with Gasteiger partial charge in [0.05, 0.1) is 12.6 Å². The van der Waals surface area contributed by atoms with E-state index in [-0.39, 0.29) is 0 Å². The van der Waals surface area contributed by atoms with Gasteiger partial charge in [-0.2, -0.15) is 0 Å². The zero-order valence-corrected chi connectivity index (χ0v) is 8.08. The average molecular weight is 169 g/mol. The summed E-state index contributed by atoms with van der Waals surface area (Å²) in [4.78, 5) is 6.48. The molecule has 1 aliphatic rings. The molecule has 0 bridgehead atoms. The molecule has 0 aliphatic carbocycles. The zero-order chi connectivity index (χ0) is 8.97. The van der Waals surface area contributed by atoms with Crippen LogP contribution in [-0.2, 0) is 0 Å². The van der Waals surface area contributed by atoms with E-state index in [9.17, 15) is 0 Å². The average Bonchev–Trinajstić information content (AvgIpc) is 2.43. The predicted octanol–water partition coefficient (Wildman–Crippen LogP) is 1.20. The lowest BCUT2D eigenvalue weighted by Crippen LogP contribution is -2.40. The van der Waals surface area contributed by atoms with Gasteiger partial charge in [0.15, 0.2) is 5.96 Å². The van der Waals surface area contributed by atoms with Crippen LogP contribution in [0.5, 0.6) is 0 Å². The van der Waals surface area contributed by atoms with E-state index in [2.05, 4.69) is 23.7 Å². The normalized spacial score (nSPS) is 23.0. The second-order valence-electron chi connectivity index (χ2n) is 3.31. The minimum Gasteiger partial charge on any atom is -0.370 e. The van der Waals surface area contributed by atoms with Crippen molar-refractivity contribution in [3.05, 3.63) is 0 Å². The van der Waals surface area contributed by atoms with Crippen LogP contribution in [0.4, 0.5) is 0 Å². The van der Waals surface area contributed by atoms with E-state index in [0.29, 0.717) is 6.04 Å². The van der Waals surface area contributed by atoms with E-state index >= 15 is 0 Å². The molecule has 70 valence electrons. The Kier molecular flexibility index (Phi) is 3.38. The molecule has 2 N–H and O–H groups in total. The van der Waals surface area contributed by atoms with Gasteiger partial charge in [0.2, 0.25) is 0 Å². The number of nitrogens with two attached hydrogens (primary N) is 1. The van der Waals surface area contributed by atoms with Gasteiger partial charge >= 0.3 is 0 Å². The Balaban J connectivity index is 2.41. The van der Waals surface area contributed by atoms with Crippen molar-refractivity contribution in [1.82, 2.24) is 4.90 Å². The van der Waals surface area contributed by atoms with Gasteiger partial charge in [0.25, 0.3) is 0 Å². The van der Waals surface area contributed by atoms with Crippen LogP contribution in [-0.4, -0.2) is 30.0 Å². The molecule has 1 unspecified atom stereocenters.